The predicted octanol–water partition coefficient (Wildman–Crippen LogP) is 1.34. The van der Waals surface area contributed by atoms with E-state index >= 15 is 0 Å². The molecule has 0 aliphatic rings. The predicted molar refractivity (Wildman–Crippen MR) is 91.5 cm³/mol. The van der Waals surface area contributed by atoms with Crippen LogP contribution in [0.3, 0.4) is 0 Å². The molecule has 0 saturated carbocycles. The van der Waals surface area contributed by atoms with Gasteiger partial charge in [0.25, 0.3) is 0 Å². The molecule has 0 aliphatic carbocycles. The molecule has 0 heterocycles. The van der Waals surface area contributed by atoms with E-state index in [1.807, 2.05) is 9.44 Å². The van der Waals surface area contributed by atoms with Crippen molar-refractivity contribution in [2.75, 3.05) is 13.1 Å². The first-order chi connectivity index (χ1) is 11.3. The van der Waals surface area contributed by atoms with E-state index in [0.29, 0.717) is 6.42 Å². The summed E-state index contributed by atoms with van der Waals surface area (Å²) in [6.07, 6.45) is 6.47. The molecule has 138 valence electrons. The van der Waals surface area contributed by atoms with Crippen molar-refractivity contribution in [1.82, 2.24) is 9.44 Å². The lowest BCUT2D eigenvalue weighted by Gasteiger charge is -2.17. The van der Waals surface area contributed by atoms with Crippen molar-refractivity contribution >= 4 is 20.0 Å². The molecular weight excluding hydrogens is 352 g/mol. The average Bonchev–Trinajstić information content (AvgIpc) is 2.53. The van der Waals surface area contributed by atoms with Crippen LogP contribution in [0.4, 0.5) is 0 Å². The Labute approximate surface area is 145 Å². The van der Waals surface area contributed by atoms with Gasteiger partial charge >= 0.3 is 0 Å². The summed E-state index contributed by atoms with van der Waals surface area (Å²) in [5, 5.41) is 17.0. The maximum atomic E-state index is 12.1. The van der Waals surface area contributed by atoms with Gasteiger partial charge in [-0.15, -0.1) is 0 Å². The van der Waals surface area contributed by atoms with Gasteiger partial charge < -0.3 is 0 Å². The van der Waals surface area contributed by atoms with E-state index in [9.17, 15) is 16.8 Å². The molecule has 0 aromatic heterocycles. The Kier molecular flexibility index (Phi) is 11.6. The van der Waals surface area contributed by atoms with E-state index in [1.165, 1.54) is 0 Å². The smallest absolute Gasteiger partial charge is 0.211 e. The molecule has 8 nitrogen and oxygen atoms in total. The molecule has 0 rings (SSSR count). The first-order valence-corrected chi connectivity index (χ1v) is 11.1. The summed E-state index contributed by atoms with van der Waals surface area (Å²) in [6.45, 7) is 1.12. The second kappa shape index (κ2) is 12.2. The molecule has 0 unspecified atom stereocenters. The fourth-order valence-corrected chi connectivity index (χ4v) is 5.80. The minimum absolute atomic E-state index is 0.0741. The Bertz CT molecular complexity index is 585. The van der Waals surface area contributed by atoms with E-state index in [1.54, 1.807) is 12.1 Å². The molecular formula is C14H26N4O4S2. The lowest BCUT2D eigenvalue weighted by molar-refractivity contribution is 0.541. The zero-order valence-corrected chi connectivity index (χ0v) is 15.6. The topological polar surface area (TPSA) is 140 Å². The van der Waals surface area contributed by atoms with Crippen molar-refractivity contribution in [2.45, 2.75) is 62.9 Å². The molecule has 0 amide bonds. The summed E-state index contributed by atoms with van der Waals surface area (Å²) in [4.78, 5) is 0. The van der Waals surface area contributed by atoms with Crippen LogP contribution in [-0.2, 0) is 20.0 Å². The van der Waals surface area contributed by atoms with Gasteiger partial charge in [-0.3, -0.25) is 0 Å². The molecule has 24 heavy (non-hydrogen) atoms. The third kappa shape index (κ3) is 9.18. The fraction of sp³-hybridized carbons (Fsp3) is 0.857. The SMILES string of the molecule is CCCCCCCCCC(S(=O)(=O)NCC#N)S(=O)(=O)NCC#N. The van der Waals surface area contributed by atoms with Crippen molar-refractivity contribution in [2.24, 2.45) is 0 Å². The molecule has 0 fully saturated rings. The Balaban J connectivity index is 4.78. The fourth-order valence-electron chi connectivity index (χ4n) is 2.20. The summed E-state index contributed by atoms with van der Waals surface area (Å²) in [5.74, 6) is 0. The first kappa shape index (κ1) is 22.8. The highest BCUT2D eigenvalue weighted by atomic mass is 32.3. The van der Waals surface area contributed by atoms with Crippen LogP contribution >= 0.6 is 0 Å². The van der Waals surface area contributed by atoms with Crippen LogP contribution in [0.25, 0.3) is 0 Å². The van der Waals surface area contributed by atoms with E-state index in [4.69, 9.17) is 10.5 Å². The maximum absolute atomic E-state index is 12.1. The number of sulfonamides is 2. The van der Waals surface area contributed by atoms with E-state index in [0.717, 1.165) is 38.5 Å². The number of nitrogens with one attached hydrogen (secondary N) is 2. The monoisotopic (exact) mass is 378 g/mol. The van der Waals surface area contributed by atoms with Gasteiger partial charge in [0.05, 0.1) is 25.2 Å². The quantitative estimate of drug-likeness (QED) is 0.345. The van der Waals surface area contributed by atoms with E-state index in [-0.39, 0.29) is 6.42 Å². The Morgan fingerprint density at radius 3 is 1.62 bits per heavy atom. The van der Waals surface area contributed by atoms with Crippen LogP contribution in [0.2, 0.25) is 0 Å². The van der Waals surface area contributed by atoms with Gasteiger partial charge in [0.1, 0.15) is 0 Å². The van der Waals surface area contributed by atoms with Crippen molar-refractivity contribution in [3.63, 3.8) is 0 Å². The highest BCUT2D eigenvalue weighted by Gasteiger charge is 2.36. The lowest BCUT2D eigenvalue weighted by atomic mass is 10.1. The van der Waals surface area contributed by atoms with Crippen LogP contribution in [0, 0.1) is 22.7 Å². The third-order valence-corrected chi connectivity index (χ3v) is 7.91. The van der Waals surface area contributed by atoms with E-state index in [2.05, 4.69) is 6.92 Å². The Hall–Kier alpha value is -1.20. The second-order valence-electron chi connectivity index (χ2n) is 5.39. The zero-order valence-electron chi connectivity index (χ0n) is 14.0. The molecule has 0 aromatic rings. The van der Waals surface area contributed by atoms with Gasteiger partial charge in [-0.2, -0.15) is 20.0 Å². The summed E-state index contributed by atoms with van der Waals surface area (Å²) in [7, 11) is -8.41. The van der Waals surface area contributed by atoms with E-state index < -0.39 is 37.7 Å². The number of unbranched alkanes of at least 4 members (excludes halogenated alkanes) is 6. The van der Waals surface area contributed by atoms with Crippen molar-refractivity contribution in [3.8, 4) is 12.1 Å². The van der Waals surface area contributed by atoms with Gasteiger partial charge in [-0.25, -0.2) is 16.8 Å². The zero-order chi connectivity index (χ0) is 18.5. The van der Waals surface area contributed by atoms with Crippen LogP contribution < -0.4 is 9.44 Å². The van der Waals surface area contributed by atoms with Gasteiger partial charge in [-0.1, -0.05) is 51.9 Å². The number of nitrogens with zero attached hydrogens (tertiary/aromatic N) is 2. The van der Waals surface area contributed by atoms with Crippen molar-refractivity contribution < 1.29 is 16.8 Å². The van der Waals surface area contributed by atoms with Gasteiger partial charge in [0.2, 0.25) is 20.0 Å². The van der Waals surface area contributed by atoms with Crippen molar-refractivity contribution in [3.05, 3.63) is 0 Å². The molecule has 0 radical (unpaired) electrons. The van der Waals surface area contributed by atoms with Crippen LogP contribution in [-0.4, -0.2) is 34.5 Å². The van der Waals surface area contributed by atoms with Crippen LogP contribution in [0.5, 0.6) is 0 Å². The molecule has 0 aromatic carbocycles. The first-order valence-electron chi connectivity index (χ1n) is 8.02. The molecule has 0 saturated heterocycles. The third-order valence-electron chi connectivity index (χ3n) is 3.44. The summed E-state index contributed by atoms with van der Waals surface area (Å²) < 4.78 is 50.8. The largest absolute Gasteiger partial charge is 0.231 e. The number of hydrogen-bond acceptors (Lipinski definition) is 6. The number of nitriles is 2. The van der Waals surface area contributed by atoms with Crippen molar-refractivity contribution in [1.29, 1.82) is 10.5 Å². The summed E-state index contributed by atoms with van der Waals surface area (Å²) >= 11 is 0. The number of rotatable bonds is 14. The lowest BCUT2D eigenvalue weighted by Crippen LogP contribution is -2.45. The maximum Gasteiger partial charge on any atom is 0.231 e. The molecule has 0 spiro atoms. The Morgan fingerprint density at radius 1 is 0.792 bits per heavy atom. The minimum atomic E-state index is -4.21. The Morgan fingerprint density at radius 2 is 1.21 bits per heavy atom. The second-order valence-corrected chi connectivity index (χ2v) is 9.58. The van der Waals surface area contributed by atoms with Gasteiger partial charge in [-0.05, 0) is 6.42 Å². The molecule has 0 atom stereocenters. The van der Waals surface area contributed by atoms with Gasteiger partial charge in [0.15, 0.2) is 4.58 Å². The highest BCUT2D eigenvalue weighted by Crippen LogP contribution is 2.17. The molecule has 0 aliphatic heterocycles. The normalized spacial score (nSPS) is 12.0. The molecule has 0 bridgehead atoms. The minimum Gasteiger partial charge on any atom is -0.211 e. The van der Waals surface area contributed by atoms with Gasteiger partial charge in [0, 0.05) is 0 Å². The average molecular weight is 379 g/mol. The standard InChI is InChI=1S/C14H26N4O4S2/c1-2-3-4-5-6-7-8-9-14(23(19,20)17-12-10-15)24(21,22)18-13-11-16/h14,17-18H,2-9,12-13H2,1H3. The molecule has 2 N–H and O–H groups in total. The highest BCUT2D eigenvalue weighted by molar-refractivity contribution is 8.07. The van der Waals surface area contributed by atoms with Crippen LogP contribution in [0.15, 0.2) is 0 Å². The number of hydrogen-bond donors (Lipinski definition) is 2. The molecule has 10 heteroatoms. The summed E-state index contributed by atoms with van der Waals surface area (Å²) in [6, 6.07) is 3.22. The van der Waals surface area contributed by atoms with Crippen LogP contribution in [0.1, 0.15) is 58.3 Å². The summed E-state index contributed by atoms with van der Waals surface area (Å²) in [5.41, 5.74) is 0.